The van der Waals surface area contributed by atoms with Crippen LogP contribution in [0.25, 0.3) is 0 Å². The number of rotatable bonds is 4. The minimum atomic E-state index is -0.450. The molecule has 0 spiro atoms. The van der Waals surface area contributed by atoms with Gasteiger partial charge in [0.25, 0.3) is 0 Å². The first kappa shape index (κ1) is 30.9. The van der Waals surface area contributed by atoms with E-state index in [1.165, 1.54) is 5.56 Å². The van der Waals surface area contributed by atoms with Crippen LogP contribution in [0.1, 0.15) is 73.8 Å². The lowest BCUT2D eigenvalue weighted by molar-refractivity contribution is 0.0446. The van der Waals surface area contributed by atoms with E-state index in [-0.39, 0.29) is 24.3 Å². The Hall–Kier alpha value is -2.32. The van der Waals surface area contributed by atoms with E-state index in [0.717, 1.165) is 45.6 Å². The van der Waals surface area contributed by atoms with Crippen LogP contribution in [-0.2, 0) is 16.0 Å². The fourth-order valence-electron chi connectivity index (χ4n) is 4.75. The number of carbonyl (C=O) groups is 2. The average molecular weight is 519 g/mol. The molecule has 0 bridgehead atoms. The number of nitrogens with zero attached hydrogens (tertiary/aromatic N) is 1. The fourth-order valence-corrected chi connectivity index (χ4v) is 4.75. The number of amides is 2. The number of nitrogens with one attached hydrogen (secondary N) is 3. The number of carbonyl (C=O) groups excluding carboxylic acids is 2. The topological polar surface area (TPSA) is 91.9 Å². The van der Waals surface area contributed by atoms with Crippen LogP contribution in [0.5, 0.6) is 0 Å². The lowest BCUT2D eigenvalue weighted by Gasteiger charge is -2.37. The Balaban J connectivity index is 0.000000281. The van der Waals surface area contributed by atoms with Crippen LogP contribution in [-0.4, -0.2) is 66.6 Å². The maximum absolute atomic E-state index is 11.9. The lowest BCUT2D eigenvalue weighted by atomic mass is 9.95. The number of alkyl carbamates (subject to hydrolysis) is 2. The van der Waals surface area contributed by atoms with Gasteiger partial charge in [-0.05, 0) is 78.3 Å². The van der Waals surface area contributed by atoms with Crippen molar-refractivity contribution in [3.63, 3.8) is 0 Å². The van der Waals surface area contributed by atoms with Gasteiger partial charge in [0.1, 0.15) is 11.2 Å². The third kappa shape index (κ3) is 13.7. The third-order valence-corrected chi connectivity index (χ3v) is 6.00. The van der Waals surface area contributed by atoms with Crippen molar-refractivity contribution < 1.29 is 19.1 Å². The normalized spacial score (nSPS) is 24.8. The van der Waals surface area contributed by atoms with Crippen LogP contribution >= 0.6 is 0 Å². The van der Waals surface area contributed by atoms with Crippen LogP contribution in [0, 0.1) is 11.8 Å². The standard InChI is InChI=1S/C18H28N2O2.C11H22N2O2/c1-14-10-16(19-17(21)22-18(2,3)4)13-20(11-14)12-15-8-6-5-7-9-15;1-8-5-9(7-12-6-8)13-10(14)15-11(2,3)4/h5-9,14,16H,10-13H2,1-4H3,(H,19,21);8-9,12H,5-7H2,1-4H3,(H,13,14)/t14-,16+;8-,9+/m00/s1. The zero-order valence-electron chi connectivity index (χ0n) is 24.2. The molecule has 4 atom stereocenters. The maximum Gasteiger partial charge on any atom is 0.407 e. The second kappa shape index (κ2) is 14.0. The van der Waals surface area contributed by atoms with Gasteiger partial charge in [0, 0.05) is 38.3 Å². The summed E-state index contributed by atoms with van der Waals surface area (Å²) >= 11 is 0. The highest BCUT2D eigenvalue weighted by molar-refractivity contribution is 5.68. The van der Waals surface area contributed by atoms with Crippen LogP contribution < -0.4 is 16.0 Å². The molecule has 8 nitrogen and oxygen atoms in total. The van der Waals surface area contributed by atoms with E-state index >= 15 is 0 Å². The molecule has 2 aliphatic rings. The SMILES string of the molecule is C[C@@H]1CNC[C@H](NC(=O)OC(C)(C)C)C1.C[C@H]1C[C@@H](NC(=O)OC(C)(C)C)CN(Cc2ccccc2)C1. The molecule has 2 amide bonds. The van der Waals surface area contributed by atoms with Crippen molar-refractivity contribution in [1.29, 1.82) is 0 Å². The number of hydrogen-bond acceptors (Lipinski definition) is 6. The summed E-state index contributed by atoms with van der Waals surface area (Å²) in [6, 6.07) is 10.8. The van der Waals surface area contributed by atoms with Gasteiger partial charge in [0.05, 0.1) is 0 Å². The molecule has 1 aromatic carbocycles. The third-order valence-electron chi connectivity index (χ3n) is 6.00. The Morgan fingerprint density at radius 3 is 1.92 bits per heavy atom. The molecule has 1 aromatic rings. The van der Waals surface area contributed by atoms with Gasteiger partial charge in [-0.1, -0.05) is 44.2 Å². The van der Waals surface area contributed by atoms with Crippen molar-refractivity contribution in [2.45, 2.75) is 98.1 Å². The van der Waals surface area contributed by atoms with Crippen LogP contribution in [0.3, 0.4) is 0 Å². The zero-order chi connectivity index (χ0) is 27.6. The van der Waals surface area contributed by atoms with Crippen LogP contribution in [0.2, 0.25) is 0 Å². The van der Waals surface area contributed by atoms with Gasteiger partial charge in [-0.15, -0.1) is 0 Å². The molecule has 210 valence electrons. The Kier molecular flexibility index (Phi) is 11.7. The highest BCUT2D eigenvalue weighted by Gasteiger charge is 2.27. The zero-order valence-corrected chi connectivity index (χ0v) is 24.2. The molecule has 0 aliphatic carbocycles. The Bertz CT molecular complexity index is 835. The molecular formula is C29H50N4O4. The molecule has 0 saturated carbocycles. The Labute approximate surface area is 224 Å². The van der Waals surface area contributed by atoms with Crippen molar-refractivity contribution in [2.75, 3.05) is 26.2 Å². The van der Waals surface area contributed by atoms with Gasteiger partial charge < -0.3 is 25.4 Å². The minimum Gasteiger partial charge on any atom is -0.444 e. The van der Waals surface area contributed by atoms with E-state index in [4.69, 9.17) is 9.47 Å². The van der Waals surface area contributed by atoms with Gasteiger partial charge in [-0.3, -0.25) is 4.90 Å². The van der Waals surface area contributed by atoms with Crippen LogP contribution in [0.15, 0.2) is 30.3 Å². The van der Waals surface area contributed by atoms with E-state index < -0.39 is 11.2 Å². The number of benzene rings is 1. The van der Waals surface area contributed by atoms with Crippen molar-refractivity contribution in [3.8, 4) is 0 Å². The number of piperidine rings is 2. The largest absolute Gasteiger partial charge is 0.444 e. The molecule has 2 fully saturated rings. The summed E-state index contributed by atoms with van der Waals surface area (Å²) < 4.78 is 10.6. The fraction of sp³-hybridized carbons (Fsp3) is 0.724. The summed E-state index contributed by atoms with van der Waals surface area (Å²) in [6.07, 6.45) is 1.39. The van der Waals surface area contributed by atoms with Gasteiger partial charge in [0.2, 0.25) is 0 Å². The van der Waals surface area contributed by atoms with Crippen LogP contribution in [0.4, 0.5) is 9.59 Å². The molecule has 2 saturated heterocycles. The molecule has 3 rings (SSSR count). The van der Waals surface area contributed by atoms with E-state index in [1.807, 2.05) is 47.6 Å². The highest BCUT2D eigenvalue weighted by atomic mass is 16.6. The summed E-state index contributed by atoms with van der Waals surface area (Å²) in [4.78, 5) is 25.8. The predicted octanol–water partition coefficient (Wildman–Crippen LogP) is 4.93. The van der Waals surface area contributed by atoms with Crippen molar-refractivity contribution >= 4 is 12.2 Å². The summed E-state index contributed by atoms with van der Waals surface area (Å²) in [5.41, 5.74) is 0.443. The van der Waals surface area contributed by atoms with E-state index in [0.29, 0.717) is 11.8 Å². The smallest absolute Gasteiger partial charge is 0.407 e. The van der Waals surface area contributed by atoms with Gasteiger partial charge in [-0.2, -0.15) is 0 Å². The summed E-state index contributed by atoms with van der Waals surface area (Å²) in [6.45, 7) is 20.4. The molecule has 2 heterocycles. The second-order valence-corrected chi connectivity index (χ2v) is 12.7. The van der Waals surface area contributed by atoms with E-state index in [2.05, 4.69) is 59.0 Å². The number of likely N-dealkylation sites (tertiary alicyclic amines) is 1. The molecule has 3 N–H and O–H groups in total. The molecule has 0 aromatic heterocycles. The predicted molar refractivity (Wildman–Crippen MR) is 148 cm³/mol. The first-order valence-corrected chi connectivity index (χ1v) is 13.6. The summed E-state index contributed by atoms with van der Waals surface area (Å²) in [5, 5.41) is 9.18. The molecule has 0 unspecified atom stereocenters. The second-order valence-electron chi connectivity index (χ2n) is 12.7. The monoisotopic (exact) mass is 518 g/mol. The average Bonchev–Trinajstić information content (AvgIpc) is 2.71. The van der Waals surface area contributed by atoms with E-state index in [1.54, 1.807) is 0 Å². The maximum atomic E-state index is 11.9. The molecule has 2 aliphatic heterocycles. The molecule has 37 heavy (non-hydrogen) atoms. The van der Waals surface area contributed by atoms with Crippen molar-refractivity contribution in [1.82, 2.24) is 20.9 Å². The number of ether oxygens (including phenoxy) is 2. The number of hydrogen-bond donors (Lipinski definition) is 3. The van der Waals surface area contributed by atoms with Crippen molar-refractivity contribution in [2.24, 2.45) is 11.8 Å². The molecular weight excluding hydrogens is 468 g/mol. The highest BCUT2D eigenvalue weighted by Crippen LogP contribution is 2.19. The van der Waals surface area contributed by atoms with E-state index in [9.17, 15) is 9.59 Å². The Morgan fingerprint density at radius 1 is 0.838 bits per heavy atom. The van der Waals surface area contributed by atoms with Crippen molar-refractivity contribution in [3.05, 3.63) is 35.9 Å². The van der Waals surface area contributed by atoms with Gasteiger partial charge in [0.15, 0.2) is 0 Å². The van der Waals surface area contributed by atoms with Gasteiger partial charge in [-0.25, -0.2) is 9.59 Å². The van der Waals surface area contributed by atoms with Gasteiger partial charge >= 0.3 is 12.2 Å². The summed E-state index contributed by atoms with van der Waals surface area (Å²) in [7, 11) is 0. The minimum absolute atomic E-state index is 0.155. The quantitative estimate of drug-likeness (QED) is 0.523. The molecule has 8 heteroatoms. The lowest BCUT2D eigenvalue weighted by Crippen LogP contribution is -2.50. The Morgan fingerprint density at radius 2 is 1.38 bits per heavy atom. The molecule has 0 radical (unpaired) electrons. The first-order valence-electron chi connectivity index (χ1n) is 13.6. The first-order chi connectivity index (χ1) is 17.2. The summed E-state index contributed by atoms with van der Waals surface area (Å²) in [5.74, 6) is 1.18.